The molecular weight excluding hydrogens is 204 g/mol. The van der Waals surface area contributed by atoms with E-state index in [1.807, 2.05) is 13.0 Å². The van der Waals surface area contributed by atoms with E-state index in [4.69, 9.17) is 4.74 Å². The van der Waals surface area contributed by atoms with Gasteiger partial charge in [-0.05, 0) is 31.8 Å². The summed E-state index contributed by atoms with van der Waals surface area (Å²) in [5.74, 6) is 1.40. The van der Waals surface area contributed by atoms with Crippen LogP contribution >= 0.6 is 0 Å². The monoisotopic (exact) mass is 224 g/mol. The molecule has 0 spiro atoms. The zero-order valence-electron chi connectivity index (χ0n) is 9.82. The first-order valence-electron chi connectivity index (χ1n) is 6.06. The number of esters is 1. The molecule has 2 aliphatic rings. The summed E-state index contributed by atoms with van der Waals surface area (Å²) < 4.78 is 4.83. The van der Waals surface area contributed by atoms with Crippen LogP contribution < -0.4 is 5.32 Å². The van der Waals surface area contributed by atoms with Crippen LogP contribution in [0.4, 0.5) is 0 Å². The molecule has 0 aromatic heterocycles. The van der Waals surface area contributed by atoms with Gasteiger partial charge in [0.2, 0.25) is 0 Å². The van der Waals surface area contributed by atoms with Gasteiger partial charge in [0.1, 0.15) is 0 Å². The molecular formula is C12H20N2O2. The van der Waals surface area contributed by atoms with Gasteiger partial charge in [0, 0.05) is 25.7 Å². The van der Waals surface area contributed by atoms with Crippen molar-refractivity contribution in [2.75, 3.05) is 39.3 Å². The van der Waals surface area contributed by atoms with Crippen molar-refractivity contribution in [3.8, 4) is 0 Å². The van der Waals surface area contributed by atoms with E-state index >= 15 is 0 Å². The molecule has 0 unspecified atom stereocenters. The molecule has 4 heteroatoms. The lowest BCUT2D eigenvalue weighted by molar-refractivity contribution is -0.137. The van der Waals surface area contributed by atoms with Crippen LogP contribution in [-0.2, 0) is 9.53 Å². The number of likely N-dealkylation sites (tertiary alicyclic amines) is 1. The van der Waals surface area contributed by atoms with Crippen molar-refractivity contribution < 1.29 is 9.53 Å². The Morgan fingerprint density at radius 1 is 1.44 bits per heavy atom. The molecule has 0 aromatic carbocycles. The summed E-state index contributed by atoms with van der Waals surface area (Å²) in [6.45, 7) is 7.76. The predicted octanol–water partition coefficient (Wildman–Crippen LogP) is 0.257. The number of carbonyl (C=O) groups excluding carboxylic acids is 1. The van der Waals surface area contributed by atoms with Crippen LogP contribution in [0.5, 0.6) is 0 Å². The zero-order chi connectivity index (χ0) is 11.4. The molecule has 0 bridgehead atoms. The topological polar surface area (TPSA) is 41.6 Å². The smallest absolute Gasteiger partial charge is 0.330 e. The fourth-order valence-corrected chi connectivity index (χ4v) is 2.59. The van der Waals surface area contributed by atoms with E-state index in [9.17, 15) is 4.79 Å². The number of ether oxygens (including phenoxy) is 1. The highest BCUT2D eigenvalue weighted by atomic mass is 16.5. The third kappa shape index (κ3) is 2.83. The summed E-state index contributed by atoms with van der Waals surface area (Å²) in [5.41, 5.74) is 0. The van der Waals surface area contributed by atoms with Crippen molar-refractivity contribution in [3.05, 3.63) is 12.2 Å². The van der Waals surface area contributed by atoms with Crippen LogP contribution in [0.1, 0.15) is 6.92 Å². The van der Waals surface area contributed by atoms with Crippen LogP contribution in [0.25, 0.3) is 0 Å². The Balaban J connectivity index is 1.69. The van der Waals surface area contributed by atoms with E-state index in [2.05, 4.69) is 10.2 Å². The largest absolute Gasteiger partial charge is 0.463 e. The number of nitrogens with zero attached hydrogens (tertiary/aromatic N) is 1. The lowest BCUT2D eigenvalue weighted by Crippen LogP contribution is -2.26. The third-order valence-corrected chi connectivity index (χ3v) is 3.37. The first kappa shape index (κ1) is 11.6. The van der Waals surface area contributed by atoms with Gasteiger partial charge in [-0.25, -0.2) is 4.79 Å². The average Bonchev–Trinajstić information content (AvgIpc) is 2.78. The molecule has 4 nitrogen and oxygen atoms in total. The molecule has 0 aliphatic carbocycles. The average molecular weight is 224 g/mol. The molecule has 2 rings (SSSR count). The molecule has 90 valence electrons. The molecule has 0 aromatic rings. The van der Waals surface area contributed by atoms with E-state index in [1.54, 1.807) is 0 Å². The molecule has 2 atom stereocenters. The Labute approximate surface area is 96.6 Å². The molecule has 0 radical (unpaired) electrons. The number of rotatable bonds is 4. The maximum absolute atomic E-state index is 11.1. The van der Waals surface area contributed by atoms with Gasteiger partial charge >= 0.3 is 5.97 Å². The number of nitrogens with one attached hydrogen (secondary N) is 1. The highest BCUT2D eigenvalue weighted by Crippen LogP contribution is 2.25. The molecule has 2 saturated heterocycles. The summed E-state index contributed by atoms with van der Waals surface area (Å²) in [6.07, 6.45) is 3.45. The second kappa shape index (κ2) is 5.46. The van der Waals surface area contributed by atoms with Gasteiger partial charge in [-0.1, -0.05) is 6.08 Å². The maximum atomic E-state index is 11.1. The number of hydrogen-bond acceptors (Lipinski definition) is 4. The van der Waals surface area contributed by atoms with Gasteiger partial charge in [-0.2, -0.15) is 0 Å². The molecule has 2 heterocycles. The van der Waals surface area contributed by atoms with Crippen LogP contribution in [0.3, 0.4) is 0 Å². The van der Waals surface area contributed by atoms with Gasteiger partial charge in [0.15, 0.2) is 0 Å². The van der Waals surface area contributed by atoms with Crippen molar-refractivity contribution in [2.45, 2.75) is 6.92 Å². The SMILES string of the molecule is CCOC(=O)/C=C/CN1C[C@H]2CNC[C@H]2C1. The van der Waals surface area contributed by atoms with E-state index in [-0.39, 0.29) is 5.97 Å². The lowest BCUT2D eigenvalue weighted by atomic mass is 10.0. The quantitative estimate of drug-likeness (QED) is 0.549. The third-order valence-electron chi connectivity index (χ3n) is 3.37. The highest BCUT2D eigenvalue weighted by molar-refractivity contribution is 5.81. The lowest BCUT2D eigenvalue weighted by Gasteiger charge is -2.13. The molecule has 2 aliphatic heterocycles. The van der Waals surface area contributed by atoms with Gasteiger partial charge in [-0.15, -0.1) is 0 Å². The minimum Gasteiger partial charge on any atom is -0.463 e. The molecule has 1 N–H and O–H groups in total. The number of carbonyl (C=O) groups is 1. The molecule has 2 fully saturated rings. The van der Waals surface area contributed by atoms with E-state index in [1.165, 1.54) is 6.08 Å². The van der Waals surface area contributed by atoms with E-state index in [0.29, 0.717) is 6.61 Å². The van der Waals surface area contributed by atoms with Crippen LogP contribution in [-0.4, -0.2) is 50.2 Å². The van der Waals surface area contributed by atoms with Crippen LogP contribution in [0.2, 0.25) is 0 Å². The number of fused-ring (bicyclic) bond motifs is 1. The fourth-order valence-electron chi connectivity index (χ4n) is 2.59. The Hall–Kier alpha value is -0.870. The zero-order valence-corrected chi connectivity index (χ0v) is 9.82. The number of hydrogen-bond donors (Lipinski definition) is 1. The standard InChI is InChI=1S/C12H20N2O2/c1-2-16-12(15)4-3-5-14-8-10-6-13-7-11(10)9-14/h3-4,10-11,13H,2,5-9H2,1H3/b4-3+/t10-,11+. The maximum Gasteiger partial charge on any atom is 0.330 e. The molecule has 0 saturated carbocycles. The Kier molecular flexibility index (Phi) is 3.96. The summed E-state index contributed by atoms with van der Waals surface area (Å²) in [4.78, 5) is 13.5. The summed E-state index contributed by atoms with van der Waals surface area (Å²) in [7, 11) is 0. The van der Waals surface area contributed by atoms with E-state index in [0.717, 1.165) is 44.6 Å². The van der Waals surface area contributed by atoms with Crippen LogP contribution in [0, 0.1) is 11.8 Å². The second-order valence-electron chi connectivity index (χ2n) is 4.55. The Morgan fingerprint density at radius 3 is 2.75 bits per heavy atom. The van der Waals surface area contributed by atoms with Crippen molar-refractivity contribution in [3.63, 3.8) is 0 Å². The summed E-state index contributed by atoms with van der Waals surface area (Å²) in [5, 5.41) is 3.42. The Morgan fingerprint density at radius 2 is 2.12 bits per heavy atom. The highest BCUT2D eigenvalue weighted by Gasteiger charge is 2.35. The van der Waals surface area contributed by atoms with E-state index < -0.39 is 0 Å². The van der Waals surface area contributed by atoms with Gasteiger partial charge < -0.3 is 10.1 Å². The minimum absolute atomic E-state index is 0.233. The predicted molar refractivity (Wildman–Crippen MR) is 62.1 cm³/mol. The van der Waals surface area contributed by atoms with Gasteiger partial charge in [0.25, 0.3) is 0 Å². The van der Waals surface area contributed by atoms with Gasteiger partial charge in [-0.3, -0.25) is 4.90 Å². The minimum atomic E-state index is -0.233. The summed E-state index contributed by atoms with van der Waals surface area (Å²) >= 11 is 0. The first-order chi connectivity index (χ1) is 7.79. The fraction of sp³-hybridized carbons (Fsp3) is 0.750. The van der Waals surface area contributed by atoms with Crippen molar-refractivity contribution in [1.82, 2.24) is 10.2 Å². The van der Waals surface area contributed by atoms with Crippen molar-refractivity contribution in [2.24, 2.45) is 11.8 Å². The normalized spacial score (nSPS) is 29.8. The van der Waals surface area contributed by atoms with Gasteiger partial charge in [0.05, 0.1) is 6.61 Å². The van der Waals surface area contributed by atoms with Crippen LogP contribution in [0.15, 0.2) is 12.2 Å². The molecule has 16 heavy (non-hydrogen) atoms. The molecule has 0 amide bonds. The van der Waals surface area contributed by atoms with Crippen molar-refractivity contribution >= 4 is 5.97 Å². The Bertz CT molecular complexity index is 266. The van der Waals surface area contributed by atoms with Crippen molar-refractivity contribution in [1.29, 1.82) is 0 Å². The first-order valence-corrected chi connectivity index (χ1v) is 6.06. The summed E-state index contributed by atoms with van der Waals surface area (Å²) in [6, 6.07) is 0. The second-order valence-corrected chi connectivity index (χ2v) is 4.55.